The lowest BCUT2D eigenvalue weighted by Crippen LogP contribution is -1.73. The Balaban J connectivity index is 0.000000213. The molecule has 4 rings (SSSR count). The van der Waals surface area contributed by atoms with E-state index in [2.05, 4.69) is 114 Å². The van der Waals surface area contributed by atoms with E-state index in [-0.39, 0.29) is 0 Å². The summed E-state index contributed by atoms with van der Waals surface area (Å²) in [4.78, 5) is 0. The van der Waals surface area contributed by atoms with E-state index in [1.807, 2.05) is 42.5 Å². The summed E-state index contributed by atoms with van der Waals surface area (Å²) >= 11 is 0. The number of aryl methyl sites for hydroxylation is 5. The molecule has 0 saturated carbocycles. The van der Waals surface area contributed by atoms with Crippen molar-refractivity contribution in [2.24, 2.45) is 0 Å². The van der Waals surface area contributed by atoms with Gasteiger partial charge in [-0.1, -0.05) is 151 Å². The predicted molar refractivity (Wildman–Crippen MR) is 144 cm³/mol. The maximum atomic E-state index is 3.63. The van der Waals surface area contributed by atoms with E-state index >= 15 is 0 Å². The van der Waals surface area contributed by atoms with Gasteiger partial charge in [-0.2, -0.15) is 0 Å². The van der Waals surface area contributed by atoms with E-state index in [0.717, 1.165) is 6.42 Å². The molecule has 0 aromatic heterocycles. The van der Waals surface area contributed by atoms with Crippen molar-refractivity contribution in [2.45, 2.75) is 41.0 Å². The molecule has 4 aromatic rings. The van der Waals surface area contributed by atoms with Gasteiger partial charge in [0.1, 0.15) is 0 Å². The van der Waals surface area contributed by atoms with Crippen LogP contribution in [0.4, 0.5) is 0 Å². The normalized spacial score (nSPS) is 9.03. The van der Waals surface area contributed by atoms with Crippen molar-refractivity contribution in [2.75, 3.05) is 0 Å². The number of hydrogen-bond acceptors (Lipinski definition) is 0. The Bertz CT molecular complexity index is 943. The third-order valence-corrected chi connectivity index (χ3v) is 4.68. The number of benzene rings is 4. The van der Waals surface area contributed by atoms with Crippen LogP contribution < -0.4 is 0 Å². The van der Waals surface area contributed by atoms with Gasteiger partial charge in [-0.25, -0.2) is 0 Å². The minimum absolute atomic E-state index is 1.14. The second-order valence-corrected chi connectivity index (χ2v) is 7.77. The average Bonchev–Trinajstić information content (AvgIpc) is 2.83. The lowest BCUT2D eigenvalue weighted by atomic mass is 10.2. The summed E-state index contributed by atoms with van der Waals surface area (Å²) in [5, 5.41) is 0. The largest absolute Gasteiger partial charge is 0.0985 e. The van der Waals surface area contributed by atoms with Gasteiger partial charge in [0.2, 0.25) is 0 Å². The minimum atomic E-state index is 1.14. The summed E-state index contributed by atoms with van der Waals surface area (Å²) in [6, 6.07) is 37.4. The van der Waals surface area contributed by atoms with Crippen molar-refractivity contribution in [3.8, 4) is 0 Å². The molecule has 0 bridgehead atoms. The number of hydrogen-bond donors (Lipinski definition) is 0. The SMILES string of the molecule is C=Cc1ccccc1.CCc1ccccc1.Cc1ccc(C)cc1.Cc1cccc(C)c1. The summed E-state index contributed by atoms with van der Waals surface area (Å²) in [6.07, 6.45) is 2.97. The summed E-state index contributed by atoms with van der Waals surface area (Å²) in [7, 11) is 0. The molecule has 0 heteroatoms. The molecule has 0 unspecified atom stereocenters. The zero-order chi connectivity index (χ0) is 23.6. The molecule has 0 aliphatic carbocycles. The Kier molecular flexibility index (Phi) is 13.6. The van der Waals surface area contributed by atoms with Crippen molar-refractivity contribution < 1.29 is 0 Å². The van der Waals surface area contributed by atoms with E-state index in [4.69, 9.17) is 0 Å². The molecular formula is C32H38. The highest BCUT2D eigenvalue weighted by Crippen LogP contribution is 2.01. The molecule has 0 nitrogen and oxygen atoms in total. The van der Waals surface area contributed by atoms with Gasteiger partial charge in [0.15, 0.2) is 0 Å². The van der Waals surface area contributed by atoms with Crippen LogP contribution in [-0.4, -0.2) is 0 Å². The standard InChI is InChI=1S/3C8H10.C8H8/c1-7-3-5-8(2)6-4-7;1-7-4-3-5-8(2)6-7;2*1-2-8-6-4-3-5-7-8/h2*3-6H,1-2H3;3-7H,2H2,1H3;2-7H,1H2. The van der Waals surface area contributed by atoms with E-state index < -0.39 is 0 Å². The molecule has 4 aromatic carbocycles. The molecule has 0 aliphatic rings. The minimum Gasteiger partial charge on any atom is -0.0985 e. The molecule has 0 spiro atoms. The lowest BCUT2D eigenvalue weighted by molar-refractivity contribution is 1.14. The molecule has 0 radical (unpaired) electrons. The van der Waals surface area contributed by atoms with Crippen LogP contribution in [0.3, 0.4) is 0 Å². The fourth-order valence-corrected chi connectivity index (χ4v) is 2.75. The van der Waals surface area contributed by atoms with Gasteiger partial charge >= 0.3 is 0 Å². The van der Waals surface area contributed by atoms with Crippen LogP contribution in [0.1, 0.15) is 40.3 Å². The van der Waals surface area contributed by atoms with Gasteiger partial charge in [0, 0.05) is 0 Å². The van der Waals surface area contributed by atoms with Gasteiger partial charge < -0.3 is 0 Å². The molecule has 0 saturated heterocycles. The molecule has 0 fully saturated rings. The second kappa shape index (κ2) is 16.3. The van der Waals surface area contributed by atoms with Gasteiger partial charge in [-0.15, -0.1) is 0 Å². The first-order valence-corrected chi connectivity index (χ1v) is 11.2. The monoisotopic (exact) mass is 422 g/mol. The van der Waals surface area contributed by atoms with Crippen LogP contribution in [0, 0.1) is 27.7 Å². The van der Waals surface area contributed by atoms with Crippen molar-refractivity contribution in [3.63, 3.8) is 0 Å². The van der Waals surface area contributed by atoms with E-state index in [9.17, 15) is 0 Å². The third kappa shape index (κ3) is 13.0. The maximum absolute atomic E-state index is 3.63. The summed E-state index contributed by atoms with van der Waals surface area (Å²) in [5.41, 5.74) is 7.92. The highest BCUT2D eigenvalue weighted by Gasteiger charge is 1.81. The molecular weight excluding hydrogens is 384 g/mol. The van der Waals surface area contributed by atoms with E-state index in [0.29, 0.717) is 0 Å². The Hall–Kier alpha value is -3.38. The topological polar surface area (TPSA) is 0 Å². The molecule has 32 heavy (non-hydrogen) atoms. The lowest BCUT2D eigenvalue weighted by Gasteiger charge is -1.90. The second-order valence-electron chi connectivity index (χ2n) is 7.77. The fourth-order valence-electron chi connectivity index (χ4n) is 2.75. The number of rotatable bonds is 2. The van der Waals surface area contributed by atoms with Gasteiger partial charge in [0.05, 0.1) is 0 Å². The van der Waals surface area contributed by atoms with Crippen LogP contribution in [0.2, 0.25) is 0 Å². The predicted octanol–water partition coefficient (Wildman–Crippen LogP) is 9.19. The van der Waals surface area contributed by atoms with Crippen molar-refractivity contribution in [1.82, 2.24) is 0 Å². The molecule has 166 valence electrons. The van der Waals surface area contributed by atoms with Gasteiger partial charge in [-0.3, -0.25) is 0 Å². The maximum Gasteiger partial charge on any atom is -0.0263 e. The molecule has 0 aliphatic heterocycles. The first-order valence-electron chi connectivity index (χ1n) is 11.2. The summed E-state index contributed by atoms with van der Waals surface area (Å²) in [5.74, 6) is 0. The molecule has 0 atom stereocenters. The van der Waals surface area contributed by atoms with E-state index in [1.165, 1.54) is 33.4 Å². The molecule has 0 amide bonds. The highest BCUT2D eigenvalue weighted by molar-refractivity contribution is 5.45. The Morgan fingerprint density at radius 1 is 0.531 bits per heavy atom. The Morgan fingerprint density at radius 3 is 1.25 bits per heavy atom. The van der Waals surface area contributed by atoms with Crippen LogP contribution >= 0.6 is 0 Å². The zero-order valence-electron chi connectivity index (χ0n) is 20.4. The first kappa shape index (κ1) is 26.7. The highest BCUT2D eigenvalue weighted by atomic mass is 13.9. The molecule has 0 heterocycles. The van der Waals surface area contributed by atoms with Crippen LogP contribution in [0.15, 0.2) is 116 Å². The first-order chi connectivity index (χ1) is 15.4. The third-order valence-electron chi connectivity index (χ3n) is 4.68. The summed E-state index contributed by atoms with van der Waals surface area (Å²) < 4.78 is 0. The van der Waals surface area contributed by atoms with Crippen molar-refractivity contribution in [1.29, 1.82) is 0 Å². The quantitative estimate of drug-likeness (QED) is 0.302. The molecule has 0 N–H and O–H groups in total. The van der Waals surface area contributed by atoms with Gasteiger partial charge in [0.25, 0.3) is 0 Å². The zero-order valence-corrected chi connectivity index (χ0v) is 20.4. The van der Waals surface area contributed by atoms with Crippen LogP contribution in [-0.2, 0) is 6.42 Å². The fraction of sp³-hybridized carbons (Fsp3) is 0.188. The van der Waals surface area contributed by atoms with Crippen LogP contribution in [0.25, 0.3) is 6.08 Å². The summed E-state index contributed by atoms with van der Waals surface area (Å²) in [6.45, 7) is 14.2. The van der Waals surface area contributed by atoms with Gasteiger partial charge in [-0.05, 0) is 45.2 Å². The van der Waals surface area contributed by atoms with Crippen LogP contribution in [0.5, 0.6) is 0 Å². The Labute approximate surface area is 196 Å². The van der Waals surface area contributed by atoms with E-state index in [1.54, 1.807) is 0 Å². The van der Waals surface area contributed by atoms with Crippen molar-refractivity contribution in [3.05, 3.63) is 149 Å². The Morgan fingerprint density at radius 2 is 0.969 bits per heavy atom. The van der Waals surface area contributed by atoms with Crippen molar-refractivity contribution >= 4 is 6.08 Å². The smallest absolute Gasteiger partial charge is 0.0263 e. The average molecular weight is 423 g/mol.